The molecule has 3 nitrogen and oxygen atoms in total. The molecule has 2 aromatic rings. The summed E-state index contributed by atoms with van der Waals surface area (Å²) >= 11 is 6.70. The number of halogens is 2. The van der Waals surface area contributed by atoms with Crippen molar-refractivity contribution in [3.63, 3.8) is 0 Å². The van der Waals surface area contributed by atoms with Crippen LogP contribution in [0, 0.1) is 13.8 Å². The second kappa shape index (κ2) is 9.08. The Kier molecular flexibility index (Phi) is 7.79. The van der Waals surface area contributed by atoms with Crippen LogP contribution in [0.5, 0.6) is 0 Å². The van der Waals surface area contributed by atoms with Crippen LogP contribution >= 0.6 is 31.9 Å². The minimum Gasteiger partial charge on any atom is -0.465 e. The summed E-state index contributed by atoms with van der Waals surface area (Å²) in [5.41, 5.74) is 3.70. The molecule has 0 amide bonds. The predicted molar refractivity (Wildman–Crippen MR) is 95.0 cm³/mol. The fourth-order valence-electron chi connectivity index (χ4n) is 1.75. The standard InChI is InChI=1S/C9H9BrO2.C8H9BrO/c1-6-4-3-5-7(8(6)10)9(11)12-2;1-6-3-2-4-7(5-10)8(6)9/h3-5H,1-2H3;2-4,10H,5H2,1H3. The molecule has 0 saturated heterocycles. The summed E-state index contributed by atoms with van der Waals surface area (Å²) in [6.45, 7) is 4.03. The maximum atomic E-state index is 11.1. The molecule has 1 N–H and O–H groups in total. The van der Waals surface area contributed by atoms with Crippen LogP contribution in [0.2, 0.25) is 0 Å². The lowest BCUT2D eigenvalue weighted by atomic mass is 10.1. The Morgan fingerprint density at radius 1 is 1.05 bits per heavy atom. The Labute approximate surface area is 147 Å². The first-order chi connectivity index (χ1) is 10.4. The molecule has 0 aliphatic heterocycles. The quantitative estimate of drug-likeness (QED) is 0.697. The van der Waals surface area contributed by atoms with Gasteiger partial charge >= 0.3 is 5.97 Å². The van der Waals surface area contributed by atoms with E-state index in [9.17, 15) is 4.79 Å². The molecule has 0 unspecified atom stereocenters. The fourth-order valence-corrected chi connectivity index (χ4v) is 2.56. The van der Waals surface area contributed by atoms with E-state index in [0.717, 1.165) is 25.6 Å². The highest BCUT2D eigenvalue weighted by molar-refractivity contribution is 9.11. The van der Waals surface area contributed by atoms with Crippen molar-refractivity contribution in [3.8, 4) is 0 Å². The number of hydrogen-bond acceptors (Lipinski definition) is 3. The van der Waals surface area contributed by atoms with Crippen molar-refractivity contribution >= 4 is 37.8 Å². The smallest absolute Gasteiger partial charge is 0.339 e. The predicted octanol–water partition coefficient (Wildman–Crippen LogP) is 4.79. The Bertz CT molecular complexity index is 654. The van der Waals surface area contributed by atoms with Gasteiger partial charge in [0.05, 0.1) is 19.3 Å². The number of methoxy groups -OCH3 is 1. The topological polar surface area (TPSA) is 46.5 Å². The Balaban J connectivity index is 0.000000224. The van der Waals surface area contributed by atoms with E-state index < -0.39 is 0 Å². The van der Waals surface area contributed by atoms with Crippen LogP contribution in [0.1, 0.15) is 27.0 Å². The number of esters is 1. The van der Waals surface area contributed by atoms with Crippen molar-refractivity contribution in [1.82, 2.24) is 0 Å². The molecule has 0 fully saturated rings. The highest BCUT2D eigenvalue weighted by atomic mass is 79.9. The normalized spacial score (nSPS) is 9.73. The summed E-state index contributed by atoms with van der Waals surface area (Å²) in [7, 11) is 1.37. The van der Waals surface area contributed by atoms with Crippen molar-refractivity contribution in [3.05, 3.63) is 67.6 Å². The molecule has 118 valence electrons. The number of aliphatic hydroxyl groups is 1. The zero-order chi connectivity index (χ0) is 16.7. The SMILES string of the molecule is COC(=O)c1cccc(C)c1Br.Cc1cccc(CO)c1Br. The minimum atomic E-state index is -0.314. The lowest BCUT2D eigenvalue weighted by molar-refractivity contribution is 0.0599. The van der Waals surface area contributed by atoms with Crippen LogP contribution in [0.15, 0.2) is 45.3 Å². The molecule has 0 atom stereocenters. The van der Waals surface area contributed by atoms with Crippen LogP contribution in [0.4, 0.5) is 0 Å². The largest absolute Gasteiger partial charge is 0.465 e. The summed E-state index contributed by atoms with van der Waals surface area (Å²) < 4.78 is 6.42. The molecule has 0 aromatic heterocycles. The second-order valence-electron chi connectivity index (χ2n) is 4.63. The third kappa shape index (κ3) is 4.93. The molecular weight excluding hydrogens is 412 g/mol. The van der Waals surface area contributed by atoms with Gasteiger partial charge in [0.2, 0.25) is 0 Å². The van der Waals surface area contributed by atoms with E-state index in [4.69, 9.17) is 5.11 Å². The van der Waals surface area contributed by atoms with Crippen LogP contribution < -0.4 is 0 Å². The van der Waals surface area contributed by atoms with E-state index >= 15 is 0 Å². The van der Waals surface area contributed by atoms with Gasteiger partial charge in [0.15, 0.2) is 0 Å². The number of ether oxygens (including phenoxy) is 1. The fraction of sp³-hybridized carbons (Fsp3) is 0.235. The molecule has 0 bridgehead atoms. The number of benzene rings is 2. The molecule has 0 spiro atoms. The molecule has 0 saturated carbocycles. The van der Waals surface area contributed by atoms with Gasteiger partial charge in [-0.2, -0.15) is 0 Å². The Morgan fingerprint density at radius 2 is 1.59 bits per heavy atom. The summed E-state index contributed by atoms with van der Waals surface area (Å²) in [5.74, 6) is -0.314. The van der Waals surface area contributed by atoms with Gasteiger partial charge in [-0.25, -0.2) is 4.79 Å². The van der Waals surface area contributed by atoms with E-state index in [1.807, 2.05) is 44.2 Å². The second-order valence-corrected chi connectivity index (χ2v) is 6.22. The summed E-state index contributed by atoms with van der Waals surface area (Å²) in [6, 6.07) is 11.3. The lowest BCUT2D eigenvalue weighted by Crippen LogP contribution is -2.02. The number of aryl methyl sites for hydroxylation is 2. The molecule has 2 rings (SSSR count). The lowest BCUT2D eigenvalue weighted by Gasteiger charge is -2.03. The van der Waals surface area contributed by atoms with Gasteiger partial charge in [0.25, 0.3) is 0 Å². The van der Waals surface area contributed by atoms with Crippen molar-refractivity contribution < 1.29 is 14.6 Å². The molecule has 5 heteroatoms. The first-order valence-corrected chi connectivity index (χ1v) is 8.19. The van der Waals surface area contributed by atoms with Gasteiger partial charge in [-0.3, -0.25) is 0 Å². The summed E-state index contributed by atoms with van der Waals surface area (Å²) in [6.07, 6.45) is 0. The highest BCUT2D eigenvalue weighted by Crippen LogP contribution is 2.21. The van der Waals surface area contributed by atoms with Gasteiger partial charge in [0.1, 0.15) is 0 Å². The number of carbonyl (C=O) groups excluding carboxylic acids is 1. The van der Waals surface area contributed by atoms with Gasteiger partial charge in [-0.15, -0.1) is 0 Å². The van der Waals surface area contributed by atoms with E-state index in [1.54, 1.807) is 6.07 Å². The molecular formula is C17H18Br2O3. The maximum absolute atomic E-state index is 11.1. The Morgan fingerprint density at radius 3 is 2.09 bits per heavy atom. The van der Waals surface area contributed by atoms with Crippen LogP contribution in [-0.2, 0) is 11.3 Å². The minimum absolute atomic E-state index is 0.0995. The summed E-state index contributed by atoms with van der Waals surface area (Å²) in [5, 5.41) is 8.81. The first-order valence-electron chi connectivity index (χ1n) is 6.60. The molecule has 0 aliphatic rings. The molecule has 0 radical (unpaired) electrons. The molecule has 0 heterocycles. The van der Waals surface area contributed by atoms with Crippen molar-refractivity contribution in [2.24, 2.45) is 0 Å². The van der Waals surface area contributed by atoms with Gasteiger partial charge in [-0.05, 0) is 52.5 Å². The zero-order valence-electron chi connectivity index (χ0n) is 12.7. The first kappa shape index (κ1) is 18.9. The molecule has 2 aromatic carbocycles. The van der Waals surface area contributed by atoms with Crippen molar-refractivity contribution in [2.75, 3.05) is 7.11 Å². The third-order valence-electron chi connectivity index (χ3n) is 3.04. The van der Waals surface area contributed by atoms with Crippen LogP contribution in [-0.4, -0.2) is 18.2 Å². The number of carbonyl (C=O) groups is 1. The summed E-state index contributed by atoms with van der Waals surface area (Å²) in [4.78, 5) is 11.1. The number of rotatable bonds is 2. The van der Waals surface area contributed by atoms with Crippen molar-refractivity contribution in [2.45, 2.75) is 20.5 Å². The average molecular weight is 430 g/mol. The maximum Gasteiger partial charge on any atom is 0.339 e. The zero-order valence-corrected chi connectivity index (χ0v) is 15.9. The van der Waals surface area contributed by atoms with Crippen LogP contribution in [0.25, 0.3) is 0 Å². The molecule has 22 heavy (non-hydrogen) atoms. The number of aliphatic hydroxyl groups excluding tert-OH is 1. The van der Waals surface area contributed by atoms with Gasteiger partial charge in [0, 0.05) is 8.95 Å². The van der Waals surface area contributed by atoms with E-state index in [-0.39, 0.29) is 12.6 Å². The van der Waals surface area contributed by atoms with E-state index in [0.29, 0.717) is 5.56 Å². The van der Waals surface area contributed by atoms with Crippen molar-refractivity contribution in [1.29, 1.82) is 0 Å². The van der Waals surface area contributed by atoms with E-state index in [2.05, 4.69) is 36.6 Å². The highest BCUT2D eigenvalue weighted by Gasteiger charge is 2.10. The average Bonchev–Trinajstić information content (AvgIpc) is 2.52. The monoisotopic (exact) mass is 428 g/mol. The number of hydrogen-bond donors (Lipinski definition) is 1. The van der Waals surface area contributed by atoms with E-state index in [1.165, 1.54) is 7.11 Å². The Hall–Kier alpha value is -1.17. The third-order valence-corrected chi connectivity index (χ3v) is 5.23. The van der Waals surface area contributed by atoms with Crippen LogP contribution in [0.3, 0.4) is 0 Å². The molecule has 0 aliphatic carbocycles. The van der Waals surface area contributed by atoms with Gasteiger partial charge in [-0.1, -0.05) is 46.3 Å². The van der Waals surface area contributed by atoms with Gasteiger partial charge < -0.3 is 9.84 Å².